The average Bonchev–Trinajstić information content (AvgIpc) is 2.27. The maximum atomic E-state index is 11.4. The van der Waals surface area contributed by atoms with E-state index in [1.165, 1.54) is 5.57 Å². The molecule has 0 bridgehead atoms. The van der Waals surface area contributed by atoms with Crippen LogP contribution in [0.2, 0.25) is 0 Å². The zero-order valence-electron chi connectivity index (χ0n) is 11.9. The lowest BCUT2D eigenvalue weighted by atomic mass is 10.0. The van der Waals surface area contributed by atoms with Gasteiger partial charge in [0.15, 0.2) is 0 Å². The highest BCUT2D eigenvalue weighted by Gasteiger charge is 2.06. The van der Waals surface area contributed by atoms with Crippen molar-refractivity contribution in [3.63, 3.8) is 0 Å². The molecule has 0 rings (SSSR count). The summed E-state index contributed by atoms with van der Waals surface area (Å²) in [4.78, 5) is 11.4. The number of rotatable bonds is 7. The van der Waals surface area contributed by atoms with E-state index < -0.39 is 0 Å². The summed E-state index contributed by atoms with van der Waals surface area (Å²) in [6, 6.07) is 0. The van der Waals surface area contributed by atoms with Crippen molar-refractivity contribution in [2.24, 2.45) is 5.92 Å². The fourth-order valence-electron chi connectivity index (χ4n) is 1.39. The standard InChI is InChI=1S/C15H26O2/c1-6-14(5)15(16)17-11-10-13(4)9-7-8-12(2)3/h6,8,13H,7,9-11H2,1-5H3/b14-6+. The SMILES string of the molecule is C/C=C(\C)C(=O)OCCC(C)CCC=C(C)C. The molecule has 0 amide bonds. The van der Waals surface area contributed by atoms with Crippen molar-refractivity contribution in [3.8, 4) is 0 Å². The topological polar surface area (TPSA) is 26.3 Å². The monoisotopic (exact) mass is 238 g/mol. The number of carbonyl (C=O) groups is 1. The number of hydrogen-bond donors (Lipinski definition) is 0. The first kappa shape index (κ1) is 16.0. The summed E-state index contributed by atoms with van der Waals surface area (Å²) in [6.07, 6.45) is 7.25. The van der Waals surface area contributed by atoms with Crippen LogP contribution in [-0.2, 0) is 9.53 Å². The van der Waals surface area contributed by atoms with Crippen molar-refractivity contribution < 1.29 is 9.53 Å². The zero-order chi connectivity index (χ0) is 13.3. The predicted octanol–water partition coefficient (Wildman–Crippen LogP) is 4.27. The van der Waals surface area contributed by atoms with Crippen LogP contribution in [-0.4, -0.2) is 12.6 Å². The lowest BCUT2D eigenvalue weighted by molar-refractivity contribution is -0.139. The van der Waals surface area contributed by atoms with Gasteiger partial charge in [0.2, 0.25) is 0 Å². The molecule has 2 nitrogen and oxygen atoms in total. The molecule has 0 spiro atoms. The summed E-state index contributed by atoms with van der Waals surface area (Å²) < 4.78 is 5.17. The van der Waals surface area contributed by atoms with Crippen LogP contribution >= 0.6 is 0 Å². The third-order valence-electron chi connectivity index (χ3n) is 2.81. The molecule has 0 saturated carbocycles. The molecule has 2 heteroatoms. The van der Waals surface area contributed by atoms with Gasteiger partial charge in [0.1, 0.15) is 0 Å². The maximum absolute atomic E-state index is 11.4. The Kier molecular flexibility index (Phi) is 8.47. The van der Waals surface area contributed by atoms with E-state index in [2.05, 4.69) is 26.8 Å². The van der Waals surface area contributed by atoms with Crippen molar-refractivity contribution >= 4 is 5.97 Å². The van der Waals surface area contributed by atoms with Crippen LogP contribution < -0.4 is 0 Å². The summed E-state index contributed by atoms with van der Waals surface area (Å²) in [6.45, 7) is 10.6. The van der Waals surface area contributed by atoms with E-state index in [1.54, 1.807) is 13.0 Å². The fraction of sp³-hybridized carbons (Fsp3) is 0.667. The molecular formula is C15H26O2. The third kappa shape index (κ3) is 8.73. The van der Waals surface area contributed by atoms with Gasteiger partial charge in [-0.25, -0.2) is 4.79 Å². The number of allylic oxidation sites excluding steroid dienone is 3. The van der Waals surface area contributed by atoms with Crippen molar-refractivity contribution in [1.29, 1.82) is 0 Å². The van der Waals surface area contributed by atoms with Crippen molar-refractivity contribution in [3.05, 3.63) is 23.3 Å². The Hall–Kier alpha value is -1.05. The Labute approximate surface area is 106 Å². The van der Waals surface area contributed by atoms with Gasteiger partial charge in [0.05, 0.1) is 6.61 Å². The lowest BCUT2D eigenvalue weighted by Crippen LogP contribution is -2.09. The van der Waals surface area contributed by atoms with E-state index in [-0.39, 0.29) is 5.97 Å². The van der Waals surface area contributed by atoms with Gasteiger partial charge in [-0.1, -0.05) is 24.6 Å². The smallest absolute Gasteiger partial charge is 0.333 e. The van der Waals surface area contributed by atoms with E-state index in [4.69, 9.17) is 4.74 Å². The minimum absolute atomic E-state index is 0.191. The molecule has 17 heavy (non-hydrogen) atoms. The molecule has 0 aliphatic rings. The van der Waals surface area contributed by atoms with Gasteiger partial charge in [0, 0.05) is 5.57 Å². The van der Waals surface area contributed by atoms with Crippen LogP contribution in [0.1, 0.15) is 53.9 Å². The van der Waals surface area contributed by atoms with Gasteiger partial charge < -0.3 is 4.74 Å². The Bertz CT molecular complexity index is 283. The highest BCUT2D eigenvalue weighted by Crippen LogP contribution is 2.12. The summed E-state index contributed by atoms with van der Waals surface area (Å²) in [5.74, 6) is 0.410. The molecule has 0 aromatic rings. The molecule has 0 fully saturated rings. The second-order valence-corrected chi connectivity index (χ2v) is 4.86. The predicted molar refractivity (Wildman–Crippen MR) is 72.8 cm³/mol. The second kappa shape index (κ2) is 9.03. The van der Waals surface area contributed by atoms with Gasteiger partial charge in [-0.15, -0.1) is 0 Å². The normalized spacial score (nSPS) is 13.1. The van der Waals surface area contributed by atoms with Gasteiger partial charge in [-0.2, -0.15) is 0 Å². The molecule has 0 heterocycles. The molecule has 0 saturated heterocycles. The summed E-state index contributed by atoms with van der Waals surface area (Å²) >= 11 is 0. The van der Waals surface area contributed by atoms with Gasteiger partial charge in [0.25, 0.3) is 0 Å². The number of carbonyl (C=O) groups excluding carboxylic acids is 1. The Morgan fingerprint density at radius 3 is 2.41 bits per heavy atom. The Morgan fingerprint density at radius 1 is 1.24 bits per heavy atom. The zero-order valence-corrected chi connectivity index (χ0v) is 11.9. The van der Waals surface area contributed by atoms with E-state index in [9.17, 15) is 4.79 Å². The summed E-state index contributed by atoms with van der Waals surface area (Å²) in [5.41, 5.74) is 2.05. The summed E-state index contributed by atoms with van der Waals surface area (Å²) in [7, 11) is 0. The third-order valence-corrected chi connectivity index (χ3v) is 2.81. The quantitative estimate of drug-likeness (QED) is 0.376. The Balaban J connectivity index is 3.68. The molecule has 0 N–H and O–H groups in total. The first-order valence-electron chi connectivity index (χ1n) is 6.40. The number of ether oxygens (including phenoxy) is 1. The fourth-order valence-corrected chi connectivity index (χ4v) is 1.39. The minimum atomic E-state index is -0.191. The first-order valence-corrected chi connectivity index (χ1v) is 6.40. The molecular weight excluding hydrogens is 212 g/mol. The highest BCUT2D eigenvalue weighted by atomic mass is 16.5. The summed E-state index contributed by atoms with van der Waals surface area (Å²) in [5, 5.41) is 0. The van der Waals surface area contributed by atoms with Crippen LogP contribution in [0, 0.1) is 5.92 Å². The molecule has 0 aromatic carbocycles. The largest absolute Gasteiger partial charge is 0.462 e. The second-order valence-electron chi connectivity index (χ2n) is 4.86. The van der Waals surface area contributed by atoms with Crippen LogP contribution in [0.5, 0.6) is 0 Å². The number of hydrogen-bond acceptors (Lipinski definition) is 2. The van der Waals surface area contributed by atoms with Crippen LogP contribution in [0.25, 0.3) is 0 Å². The van der Waals surface area contributed by atoms with E-state index >= 15 is 0 Å². The molecule has 0 aromatic heterocycles. The van der Waals surface area contributed by atoms with Crippen LogP contribution in [0.3, 0.4) is 0 Å². The van der Waals surface area contributed by atoms with Gasteiger partial charge in [-0.05, 0) is 52.9 Å². The molecule has 1 unspecified atom stereocenters. The van der Waals surface area contributed by atoms with Crippen LogP contribution in [0.4, 0.5) is 0 Å². The van der Waals surface area contributed by atoms with Crippen molar-refractivity contribution in [1.82, 2.24) is 0 Å². The molecule has 98 valence electrons. The van der Waals surface area contributed by atoms with Crippen molar-refractivity contribution in [2.45, 2.75) is 53.9 Å². The first-order chi connectivity index (χ1) is 7.97. The highest BCUT2D eigenvalue weighted by molar-refractivity contribution is 5.87. The molecule has 0 aliphatic carbocycles. The van der Waals surface area contributed by atoms with Crippen LogP contribution in [0.15, 0.2) is 23.3 Å². The minimum Gasteiger partial charge on any atom is -0.462 e. The van der Waals surface area contributed by atoms with Gasteiger partial charge in [-0.3, -0.25) is 0 Å². The Morgan fingerprint density at radius 2 is 1.88 bits per heavy atom. The van der Waals surface area contributed by atoms with E-state index in [1.807, 2.05) is 6.92 Å². The number of esters is 1. The average molecular weight is 238 g/mol. The van der Waals surface area contributed by atoms with E-state index in [0.717, 1.165) is 19.3 Å². The molecule has 1 atom stereocenters. The van der Waals surface area contributed by atoms with E-state index in [0.29, 0.717) is 18.1 Å². The van der Waals surface area contributed by atoms with Gasteiger partial charge >= 0.3 is 5.97 Å². The molecule has 0 aliphatic heterocycles. The lowest BCUT2D eigenvalue weighted by Gasteiger charge is -2.10. The van der Waals surface area contributed by atoms with Crippen molar-refractivity contribution in [2.75, 3.05) is 6.61 Å². The molecule has 0 radical (unpaired) electrons. The maximum Gasteiger partial charge on any atom is 0.333 e.